The molecule has 0 atom stereocenters. The van der Waals surface area contributed by atoms with Crippen LogP contribution < -0.4 is 15.8 Å². The molecule has 6 nitrogen and oxygen atoms in total. The zero-order valence-corrected chi connectivity index (χ0v) is 13.9. The molecule has 1 amide bonds. The lowest BCUT2D eigenvalue weighted by atomic mass is 10.2. The van der Waals surface area contributed by atoms with Crippen LogP contribution in [-0.4, -0.2) is 29.3 Å². The molecule has 1 heterocycles. The normalized spacial score (nSPS) is 10.3. The van der Waals surface area contributed by atoms with E-state index in [0.29, 0.717) is 23.8 Å². The molecule has 0 aliphatic heterocycles. The summed E-state index contributed by atoms with van der Waals surface area (Å²) in [6.07, 6.45) is 1.54. The third-order valence-electron chi connectivity index (χ3n) is 2.94. The second kappa shape index (κ2) is 8.28. The number of nitrogens with one attached hydrogen (secondary N) is 1. The molecule has 122 valence electrons. The maximum absolute atomic E-state index is 12.0. The zero-order valence-electron chi connectivity index (χ0n) is 13.0. The van der Waals surface area contributed by atoms with Crippen LogP contribution >= 0.6 is 11.3 Å². The van der Waals surface area contributed by atoms with E-state index >= 15 is 0 Å². The fourth-order valence-electron chi connectivity index (χ4n) is 1.82. The SMILES string of the molecule is C=C(C)COc1ccc(C(=O)NCCCc2nnc(N)s2)cc1. The van der Waals surface area contributed by atoms with E-state index in [4.69, 9.17) is 10.5 Å². The molecule has 0 saturated heterocycles. The first-order valence-electron chi connectivity index (χ1n) is 7.28. The predicted octanol–water partition coefficient (Wildman–Crippen LogP) is 2.44. The van der Waals surface area contributed by atoms with Gasteiger partial charge in [0.05, 0.1) is 0 Å². The van der Waals surface area contributed by atoms with E-state index in [2.05, 4.69) is 22.1 Å². The van der Waals surface area contributed by atoms with Crippen LogP contribution in [0.15, 0.2) is 36.4 Å². The quantitative estimate of drug-likeness (QED) is 0.572. The summed E-state index contributed by atoms with van der Waals surface area (Å²) in [6.45, 7) is 6.73. The van der Waals surface area contributed by atoms with Crippen molar-refractivity contribution in [3.63, 3.8) is 0 Å². The van der Waals surface area contributed by atoms with Gasteiger partial charge in [-0.05, 0) is 43.2 Å². The van der Waals surface area contributed by atoms with E-state index in [-0.39, 0.29) is 5.91 Å². The van der Waals surface area contributed by atoms with E-state index < -0.39 is 0 Å². The number of nitrogens with zero attached hydrogens (tertiary/aromatic N) is 2. The minimum Gasteiger partial charge on any atom is -0.489 e. The van der Waals surface area contributed by atoms with Gasteiger partial charge in [0.15, 0.2) is 0 Å². The number of hydrogen-bond donors (Lipinski definition) is 2. The molecule has 0 unspecified atom stereocenters. The van der Waals surface area contributed by atoms with Crippen molar-refractivity contribution in [2.75, 3.05) is 18.9 Å². The fraction of sp³-hybridized carbons (Fsp3) is 0.312. The summed E-state index contributed by atoms with van der Waals surface area (Å²) in [7, 11) is 0. The third-order valence-corrected chi connectivity index (χ3v) is 3.75. The number of anilines is 1. The molecule has 1 aromatic heterocycles. The standard InChI is InChI=1S/C16H20N4O2S/c1-11(2)10-22-13-7-5-12(6-8-13)15(21)18-9-3-4-14-19-20-16(17)23-14/h5-8H,1,3-4,9-10H2,2H3,(H2,17,20)(H,18,21). The number of ether oxygens (including phenoxy) is 1. The molecule has 0 fully saturated rings. The lowest BCUT2D eigenvalue weighted by Gasteiger charge is -2.07. The number of aryl methyl sites for hydroxylation is 1. The molecule has 7 heteroatoms. The van der Waals surface area contributed by atoms with E-state index in [0.717, 1.165) is 29.2 Å². The minimum absolute atomic E-state index is 0.103. The van der Waals surface area contributed by atoms with E-state index in [9.17, 15) is 4.79 Å². The van der Waals surface area contributed by atoms with Crippen molar-refractivity contribution in [3.05, 3.63) is 47.0 Å². The Balaban J connectivity index is 1.73. The number of aromatic nitrogens is 2. The molecular weight excluding hydrogens is 312 g/mol. The van der Waals surface area contributed by atoms with E-state index in [1.165, 1.54) is 11.3 Å². The average molecular weight is 332 g/mol. The molecule has 0 aliphatic rings. The van der Waals surface area contributed by atoms with Crippen LogP contribution in [0, 0.1) is 0 Å². The summed E-state index contributed by atoms with van der Waals surface area (Å²) in [5.74, 6) is 0.617. The Morgan fingerprint density at radius 2 is 2.09 bits per heavy atom. The van der Waals surface area contributed by atoms with Crippen LogP contribution in [0.3, 0.4) is 0 Å². The summed E-state index contributed by atoms with van der Waals surface area (Å²) in [5.41, 5.74) is 7.07. The lowest BCUT2D eigenvalue weighted by molar-refractivity contribution is 0.0953. The van der Waals surface area contributed by atoms with Gasteiger partial charge < -0.3 is 15.8 Å². The Labute approximate surface area is 139 Å². The molecule has 0 radical (unpaired) electrons. The number of nitrogen functional groups attached to an aromatic ring is 1. The Kier molecular flexibility index (Phi) is 6.10. The third kappa shape index (κ3) is 5.71. The van der Waals surface area contributed by atoms with Crippen molar-refractivity contribution in [3.8, 4) is 5.75 Å². The zero-order chi connectivity index (χ0) is 16.7. The number of carbonyl (C=O) groups excluding carboxylic acids is 1. The topological polar surface area (TPSA) is 90.1 Å². The highest BCUT2D eigenvalue weighted by Gasteiger charge is 2.06. The molecule has 23 heavy (non-hydrogen) atoms. The first kappa shape index (κ1) is 17.0. The maximum atomic E-state index is 12.0. The minimum atomic E-state index is -0.103. The first-order chi connectivity index (χ1) is 11.0. The van der Waals surface area contributed by atoms with Crippen molar-refractivity contribution in [2.24, 2.45) is 0 Å². The molecule has 2 aromatic rings. The van der Waals surface area contributed by atoms with Crippen LogP contribution in [0.1, 0.15) is 28.7 Å². The van der Waals surface area contributed by atoms with Gasteiger partial charge in [0.1, 0.15) is 17.4 Å². The summed E-state index contributed by atoms with van der Waals surface area (Å²) >= 11 is 1.37. The summed E-state index contributed by atoms with van der Waals surface area (Å²) < 4.78 is 5.50. The van der Waals surface area contributed by atoms with Crippen LogP contribution in [-0.2, 0) is 6.42 Å². The highest BCUT2D eigenvalue weighted by Crippen LogP contribution is 2.14. The van der Waals surface area contributed by atoms with Crippen LogP contribution in [0.2, 0.25) is 0 Å². The van der Waals surface area contributed by atoms with Gasteiger partial charge in [-0.15, -0.1) is 10.2 Å². The fourth-order valence-corrected chi connectivity index (χ4v) is 2.47. The van der Waals surface area contributed by atoms with E-state index in [1.807, 2.05) is 6.92 Å². The van der Waals surface area contributed by atoms with Crippen molar-refractivity contribution in [1.29, 1.82) is 0 Å². The number of hydrogen-bond acceptors (Lipinski definition) is 6. The van der Waals surface area contributed by atoms with Gasteiger partial charge in [-0.2, -0.15) is 0 Å². The largest absolute Gasteiger partial charge is 0.489 e. The van der Waals surface area contributed by atoms with Gasteiger partial charge in [0.2, 0.25) is 5.13 Å². The first-order valence-corrected chi connectivity index (χ1v) is 8.09. The van der Waals surface area contributed by atoms with Gasteiger partial charge in [-0.3, -0.25) is 4.79 Å². The number of rotatable bonds is 8. The van der Waals surface area contributed by atoms with Crippen molar-refractivity contribution < 1.29 is 9.53 Å². The maximum Gasteiger partial charge on any atom is 0.251 e. The highest BCUT2D eigenvalue weighted by molar-refractivity contribution is 7.15. The Bertz CT molecular complexity index is 667. The smallest absolute Gasteiger partial charge is 0.251 e. The Hall–Kier alpha value is -2.41. The number of carbonyl (C=O) groups is 1. The van der Waals surface area contributed by atoms with E-state index in [1.54, 1.807) is 24.3 Å². The molecule has 0 aliphatic carbocycles. The van der Waals surface area contributed by atoms with Crippen molar-refractivity contribution >= 4 is 22.4 Å². The summed E-state index contributed by atoms with van der Waals surface area (Å²) in [6, 6.07) is 7.05. The molecule has 0 saturated carbocycles. The second-order valence-corrected chi connectivity index (χ2v) is 6.26. The van der Waals surface area contributed by atoms with Gasteiger partial charge in [-0.1, -0.05) is 17.9 Å². The molecule has 2 rings (SSSR count). The molecule has 3 N–H and O–H groups in total. The Morgan fingerprint density at radius 1 is 1.35 bits per heavy atom. The van der Waals surface area contributed by atoms with Crippen molar-refractivity contribution in [2.45, 2.75) is 19.8 Å². The molecule has 0 spiro atoms. The van der Waals surface area contributed by atoms with Gasteiger partial charge in [0.25, 0.3) is 5.91 Å². The molecule has 0 bridgehead atoms. The monoisotopic (exact) mass is 332 g/mol. The van der Waals surface area contributed by atoms with Gasteiger partial charge in [-0.25, -0.2) is 0 Å². The average Bonchev–Trinajstić information content (AvgIpc) is 2.95. The van der Waals surface area contributed by atoms with Crippen LogP contribution in [0.5, 0.6) is 5.75 Å². The van der Waals surface area contributed by atoms with Gasteiger partial charge >= 0.3 is 0 Å². The molecule has 1 aromatic carbocycles. The summed E-state index contributed by atoms with van der Waals surface area (Å²) in [4.78, 5) is 12.0. The van der Waals surface area contributed by atoms with Crippen molar-refractivity contribution in [1.82, 2.24) is 15.5 Å². The van der Waals surface area contributed by atoms with Gasteiger partial charge in [0, 0.05) is 18.5 Å². The number of amides is 1. The number of nitrogens with two attached hydrogens (primary N) is 1. The molecular formula is C16H20N4O2S. The Morgan fingerprint density at radius 3 is 2.70 bits per heavy atom. The second-order valence-electron chi connectivity index (χ2n) is 5.16. The number of benzene rings is 1. The highest BCUT2D eigenvalue weighted by atomic mass is 32.1. The van der Waals surface area contributed by atoms with Crippen LogP contribution in [0.25, 0.3) is 0 Å². The summed E-state index contributed by atoms with van der Waals surface area (Å²) in [5, 5.41) is 11.9. The lowest BCUT2D eigenvalue weighted by Crippen LogP contribution is -2.24. The van der Waals surface area contributed by atoms with Crippen LogP contribution in [0.4, 0.5) is 5.13 Å². The predicted molar refractivity (Wildman–Crippen MR) is 91.7 cm³/mol.